The molecule has 0 radical (unpaired) electrons. The average Bonchev–Trinajstić information content (AvgIpc) is 3.47. The van der Waals surface area contributed by atoms with Gasteiger partial charge in [-0.1, -0.05) is 17.4 Å². The van der Waals surface area contributed by atoms with E-state index in [2.05, 4.69) is 50.0 Å². The minimum absolute atomic E-state index is 0.0949. The molecular formula is C28H31N7OS. The number of nitrogens with zero attached hydrogens (tertiary/aromatic N) is 6. The molecule has 6 rings (SSSR count). The molecule has 1 N–H and O–H groups in total. The molecule has 0 spiro atoms. The molecule has 0 atom stereocenters. The number of hydrogen-bond acceptors (Lipinski definition) is 7. The maximum Gasteiger partial charge on any atom is 0.223 e. The van der Waals surface area contributed by atoms with Gasteiger partial charge < -0.3 is 5.32 Å². The number of carbonyl (C=O) groups is 1. The second-order valence-electron chi connectivity index (χ2n) is 10.0. The van der Waals surface area contributed by atoms with Gasteiger partial charge in [0.2, 0.25) is 5.91 Å². The van der Waals surface area contributed by atoms with E-state index in [1.807, 2.05) is 25.4 Å². The average molecular weight is 514 g/mol. The molecule has 1 fully saturated rings. The lowest BCUT2D eigenvalue weighted by atomic mass is 9.94. The van der Waals surface area contributed by atoms with Crippen molar-refractivity contribution in [2.45, 2.75) is 59.0 Å². The summed E-state index contributed by atoms with van der Waals surface area (Å²) in [6.07, 6.45) is 7.59. The van der Waals surface area contributed by atoms with Gasteiger partial charge in [0.25, 0.3) is 0 Å². The normalized spacial score (nSPS) is 15.9. The van der Waals surface area contributed by atoms with Gasteiger partial charge in [0.15, 0.2) is 5.13 Å². The third kappa shape index (κ3) is 4.69. The number of likely N-dealkylation sites (tertiary alicyclic amines) is 1. The maximum atomic E-state index is 11.7. The van der Waals surface area contributed by atoms with Crippen molar-refractivity contribution in [1.29, 1.82) is 0 Å². The number of hydrogen-bond donors (Lipinski definition) is 1. The van der Waals surface area contributed by atoms with Crippen molar-refractivity contribution in [1.82, 2.24) is 29.6 Å². The summed E-state index contributed by atoms with van der Waals surface area (Å²) in [6, 6.07) is 8.69. The molecule has 0 unspecified atom stereocenters. The van der Waals surface area contributed by atoms with Crippen molar-refractivity contribution < 1.29 is 4.79 Å². The van der Waals surface area contributed by atoms with Gasteiger partial charge in [0, 0.05) is 61.5 Å². The number of pyridine rings is 2. The van der Waals surface area contributed by atoms with Crippen LogP contribution in [0.4, 0.5) is 5.13 Å². The molecule has 0 bridgehead atoms. The zero-order valence-corrected chi connectivity index (χ0v) is 22.3. The molecular weight excluding hydrogens is 482 g/mol. The Bertz CT molecular complexity index is 1450. The van der Waals surface area contributed by atoms with Gasteiger partial charge in [-0.25, -0.2) is 4.98 Å². The van der Waals surface area contributed by atoms with Crippen LogP contribution in [0.3, 0.4) is 0 Å². The van der Waals surface area contributed by atoms with Crippen LogP contribution < -0.4 is 5.32 Å². The lowest BCUT2D eigenvalue weighted by Crippen LogP contribution is -2.35. The van der Waals surface area contributed by atoms with E-state index in [4.69, 9.17) is 10.1 Å². The molecule has 8 nitrogen and oxygen atoms in total. The van der Waals surface area contributed by atoms with Crippen LogP contribution >= 0.6 is 11.3 Å². The van der Waals surface area contributed by atoms with E-state index >= 15 is 0 Å². The first-order valence-electron chi connectivity index (χ1n) is 12.9. The van der Waals surface area contributed by atoms with E-state index in [0.29, 0.717) is 11.2 Å². The van der Waals surface area contributed by atoms with Crippen LogP contribution in [0.25, 0.3) is 21.8 Å². The fourth-order valence-corrected chi connectivity index (χ4v) is 6.57. The third-order valence-electron chi connectivity index (χ3n) is 7.41. The second kappa shape index (κ2) is 9.79. The first kappa shape index (κ1) is 23.9. The van der Waals surface area contributed by atoms with Gasteiger partial charge in [-0.15, -0.1) is 0 Å². The summed E-state index contributed by atoms with van der Waals surface area (Å²) in [5.41, 5.74) is 8.98. The van der Waals surface area contributed by atoms with E-state index in [1.165, 1.54) is 23.7 Å². The number of aryl methyl sites for hydroxylation is 3. The Labute approximate surface area is 220 Å². The minimum atomic E-state index is -0.0949. The number of amides is 1. The van der Waals surface area contributed by atoms with E-state index in [-0.39, 0.29) is 5.91 Å². The van der Waals surface area contributed by atoms with E-state index < -0.39 is 0 Å². The van der Waals surface area contributed by atoms with Crippen molar-refractivity contribution in [2.24, 2.45) is 0 Å². The van der Waals surface area contributed by atoms with Crippen LogP contribution in [0, 0.1) is 13.8 Å². The molecule has 1 aliphatic carbocycles. The summed E-state index contributed by atoms with van der Waals surface area (Å²) in [6.45, 7) is 8.58. The maximum absolute atomic E-state index is 11.7. The summed E-state index contributed by atoms with van der Waals surface area (Å²) in [4.78, 5) is 29.1. The fraction of sp³-hybridized carbons (Fsp3) is 0.393. The highest BCUT2D eigenvalue weighted by Gasteiger charge is 2.33. The Morgan fingerprint density at radius 3 is 2.70 bits per heavy atom. The Balaban J connectivity index is 1.33. The molecule has 0 aromatic carbocycles. The van der Waals surface area contributed by atoms with Crippen molar-refractivity contribution >= 4 is 22.4 Å². The van der Waals surface area contributed by atoms with E-state index in [0.717, 1.165) is 78.5 Å². The number of thiazole rings is 1. The predicted molar refractivity (Wildman–Crippen MR) is 146 cm³/mol. The number of anilines is 1. The topological polar surface area (TPSA) is 88.8 Å². The van der Waals surface area contributed by atoms with Gasteiger partial charge in [-0.05, 0) is 63.3 Å². The standard InChI is InChI=1S/C28H31N7OS/c1-17-6-7-20(15-30-17)25-23-8-9-24-27(37-28(32-24)31-19(3)36)26(23)35(33-25)22-10-13-34(14-11-22)16-21-5-4-12-29-18(21)2/h4-7,12,15,22H,8-11,13-14,16H2,1-3H3,(H,31,32,36). The third-order valence-corrected chi connectivity index (χ3v) is 8.43. The summed E-state index contributed by atoms with van der Waals surface area (Å²) in [5.74, 6) is -0.0949. The van der Waals surface area contributed by atoms with Crippen molar-refractivity contribution in [3.8, 4) is 21.8 Å². The second-order valence-corrected chi connectivity index (χ2v) is 11.0. The molecule has 2 aliphatic rings. The molecule has 1 saturated heterocycles. The van der Waals surface area contributed by atoms with Gasteiger partial charge in [-0.2, -0.15) is 5.10 Å². The zero-order valence-electron chi connectivity index (χ0n) is 21.5. The number of carbonyl (C=O) groups excluding carboxylic acids is 1. The van der Waals surface area contributed by atoms with Gasteiger partial charge in [-0.3, -0.25) is 24.3 Å². The Hall–Kier alpha value is -3.43. The SMILES string of the molecule is CC(=O)Nc1nc2c(s1)-c1c(c(-c3ccc(C)nc3)nn1C1CCN(Cc3cccnc3C)CC1)CC2. The van der Waals surface area contributed by atoms with Crippen molar-refractivity contribution in [3.63, 3.8) is 0 Å². The highest BCUT2D eigenvalue weighted by atomic mass is 32.1. The van der Waals surface area contributed by atoms with Crippen LogP contribution in [0.2, 0.25) is 0 Å². The zero-order chi connectivity index (χ0) is 25.5. The molecule has 1 aliphatic heterocycles. The van der Waals surface area contributed by atoms with Crippen LogP contribution in [0.15, 0.2) is 36.7 Å². The summed E-state index contributed by atoms with van der Waals surface area (Å²) in [7, 11) is 0. The summed E-state index contributed by atoms with van der Waals surface area (Å²) in [5, 5.41) is 8.80. The summed E-state index contributed by atoms with van der Waals surface area (Å²) >= 11 is 1.56. The highest BCUT2D eigenvalue weighted by Crippen LogP contribution is 2.45. The van der Waals surface area contributed by atoms with Crippen LogP contribution in [0.5, 0.6) is 0 Å². The monoisotopic (exact) mass is 513 g/mol. The molecule has 9 heteroatoms. The Kier molecular flexibility index (Phi) is 6.34. The van der Waals surface area contributed by atoms with Gasteiger partial charge in [0.1, 0.15) is 0 Å². The number of aromatic nitrogens is 5. The van der Waals surface area contributed by atoms with E-state index in [1.54, 1.807) is 11.3 Å². The molecule has 0 saturated carbocycles. The number of nitrogens with one attached hydrogen (secondary N) is 1. The summed E-state index contributed by atoms with van der Waals surface area (Å²) < 4.78 is 2.27. The van der Waals surface area contributed by atoms with Gasteiger partial charge in [0.05, 0.1) is 28.0 Å². The fourth-order valence-electron chi connectivity index (χ4n) is 5.45. The van der Waals surface area contributed by atoms with Crippen LogP contribution in [0.1, 0.15) is 54.0 Å². The van der Waals surface area contributed by atoms with Crippen molar-refractivity contribution in [3.05, 3.63) is 64.9 Å². The predicted octanol–water partition coefficient (Wildman–Crippen LogP) is 4.97. The molecule has 5 heterocycles. The molecule has 37 heavy (non-hydrogen) atoms. The lowest BCUT2D eigenvalue weighted by Gasteiger charge is -2.33. The smallest absolute Gasteiger partial charge is 0.223 e. The molecule has 190 valence electrons. The minimum Gasteiger partial charge on any atom is -0.302 e. The first-order chi connectivity index (χ1) is 18.0. The Morgan fingerprint density at radius 2 is 1.97 bits per heavy atom. The quantitative estimate of drug-likeness (QED) is 0.405. The highest BCUT2D eigenvalue weighted by molar-refractivity contribution is 7.19. The molecule has 1 amide bonds. The van der Waals surface area contributed by atoms with Crippen molar-refractivity contribution in [2.75, 3.05) is 18.4 Å². The van der Waals surface area contributed by atoms with Crippen LogP contribution in [-0.2, 0) is 24.2 Å². The molecule has 4 aromatic rings. The number of piperidine rings is 1. The molecule has 4 aromatic heterocycles. The van der Waals surface area contributed by atoms with E-state index in [9.17, 15) is 4.79 Å². The largest absolute Gasteiger partial charge is 0.302 e. The number of rotatable bonds is 5. The first-order valence-corrected chi connectivity index (χ1v) is 13.7. The number of fused-ring (bicyclic) bond motifs is 3. The lowest BCUT2D eigenvalue weighted by molar-refractivity contribution is -0.114. The van der Waals surface area contributed by atoms with Gasteiger partial charge >= 0.3 is 0 Å². The van der Waals surface area contributed by atoms with Crippen LogP contribution in [-0.4, -0.2) is 48.6 Å². The Morgan fingerprint density at radius 1 is 1.14 bits per heavy atom.